The van der Waals surface area contributed by atoms with Crippen LogP contribution in [0.2, 0.25) is 0 Å². The van der Waals surface area contributed by atoms with Crippen molar-refractivity contribution >= 4 is 8.41 Å². The second-order valence-corrected chi connectivity index (χ2v) is 3.79. The average Bonchev–Trinajstić information content (AvgIpc) is 2.25. The Labute approximate surface area is 98.3 Å². The molecule has 2 rings (SSSR count). The molecule has 2 heteroatoms. The quantitative estimate of drug-likeness (QED) is 0.754. The van der Waals surface area contributed by atoms with E-state index in [0.29, 0.717) is 5.75 Å². The summed E-state index contributed by atoms with van der Waals surface area (Å²) in [7, 11) is 0. The average molecular weight is 209 g/mol. The number of phenols is 1. The van der Waals surface area contributed by atoms with Crippen molar-refractivity contribution < 1.29 is 5.11 Å². The highest BCUT2D eigenvalue weighted by Crippen LogP contribution is 2.21. The van der Waals surface area contributed by atoms with Crippen molar-refractivity contribution in [2.75, 3.05) is 0 Å². The zero-order chi connectivity index (χ0) is 10.7. The lowest BCUT2D eigenvalue weighted by Crippen LogP contribution is -1.89. The van der Waals surface area contributed by atoms with E-state index in [1.54, 1.807) is 6.07 Å². The first-order valence-corrected chi connectivity index (χ1v) is 5.08. The van der Waals surface area contributed by atoms with E-state index in [1.807, 2.05) is 37.3 Å². The van der Waals surface area contributed by atoms with E-state index in [2.05, 4.69) is 12.1 Å². The van der Waals surface area contributed by atoms with Crippen LogP contribution in [-0.4, -0.2) is 13.5 Å². The first-order chi connectivity index (χ1) is 7.25. The van der Waals surface area contributed by atoms with Crippen LogP contribution in [0.25, 0.3) is 0 Å². The van der Waals surface area contributed by atoms with E-state index < -0.39 is 0 Å². The molecule has 0 heterocycles. The van der Waals surface area contributed by atoms with E-state index in [9.17, 15) is 5.11 Å². The highest BCUT2D eigenvalue weighted by Gasteiger charge is 2.01. The van der Waals surface area contributed by atoms with Gasteiger partial charge in [-0.15, -0.1) is 0 Å². The molecule has 2 aromatic rings. The van der Waals surface area contributed by atoms with Crippen molar-refractivity contribution in [3.8, 4) is 5.75 Å². The summed E-state index contributed by atoms with van der Waals surface area (Å²) in [5, 5.41) is 9.70. The molecule has 0 saturated carbocycles. The summed E-state index contributed by atoms with van der Waals surface area (Å²) in [5.41, 5.74) is 3.39. The van der Waals surface area contributed by atoms with Crippen LogP contribution in [0.1, 0.15) is 16.7 Å². The molecule has 0 saturated heterocycles. The summed E-state index contributed by atoms with van der Waals surface area (Å²) >= 11 is 0. The normalized spacial score (nSPS) is 9.56. The molecule has 0 aromatic heterocycles. The number of rotatable bonds is 2. The molecule has 1 nitrogen and oxygen atoms in total. The molecule has 16 heavy (non-hydrogen) atoms. The molecule has 0 aliphatic carbocycles. The van der Waals surface area contributed by atoms with Crippen molar-refractivity contribution in [3.05, 3.63) is 65.2 Å². The molecule has 0 spiro atoms. The summed E-state index contributed by atoms with van der Waals surface area (Å²) in [6.45, 7) is 2.04. The fourth-order valence-electron chi connectivity index (χ4n) is 1.67. The van der Waals surface area contributed by atoms with Crippen LogP contribution in [0.5, 0.6) is 5.75 Å². The maximum Gasteiger partial charge on any atom is 0.119 e. The van der Waals surface area contributed by atoms with Crippen LogP contribution < -0.4 is 0 Å². The van der Waals surface area contributed by atoms with Gasteiger partial charge in [-0.3, -0.25) is 0 Å². The summed E-state index contributed by atoms with van der Waals surface area (Å²) in [6, 6.07) is 15.9. The third kappa shape index (κ3) is 2.90. The lowest BCUT2D eigenvalue weighted by molar-refractivity contribution is 0.469. The van der Waals surface area contributed by atoms with Gasteiger partial charge in [0.15, 0.2) is 0 Å². The number of hydrogen-bond donors (Lipinski definition) is 1. The van der Waals surface area contributed by atoms with Gasteiger partial charge < -0.3 is 5.11 Å². The minimum Gasteiger partial charge on any atom is -0.508 e. The van der Waals surface area contributed by atoms with Gasteiger partial charge in [-0.2, -0.15) is 0 Å². The molecule has 0 aliphatic rings. The summed E-state index contributed by atoms with van der Waals surface area (Å²) in [5.74, 6) is 0.379. The van der Waals surface area contributed by atoms with Crippen molar-refractivity contribution in [1.29, 1.82) is 0 Å². The monoisotopic (exact) mass is 209 g/mol. The van der Waals surface area contributed by atoms with Crippen molar-refractivity contribution in [1.82, 2.24) is 0 Å². The van der Waals surface area contributed by atoms with Gasteiger partial charge in [0, 0.05) is 14.8 Å². The summed E-state index contributed by atoms with van der Waals surface area (Å²) in [4.78, 5) is 0. The van der Waals surface area contributed by atoms with Crippen LogP contribution >= 0.6 is 0 Å². The van der Waals surface area contributed by atoms with Crippen LogP contribution in [0, 0.1) is 6.92 Å². The number of aromatic hydroxyl groups is 1. The van der Waals surface area contributed by atoms with Gasteiger partial charge >= 0.3 is 0 Å². The van der Waals surface area contributed by atoms with Crippen LogP contribution in [0.4, 0.5) is 0 Å². The van der Waals surface area contributed by atoms with E-state index in [0.717, 1.165) is 12.0 Å². The fraction of sp³-hybridized carbons (Fsp3) is 0.143. The molecule has 0 aliphatic heterocycles. The first-order valence-electron chi connectivity index (χ1n) is 5.08. The first kappa shape index (κ1) is 12.4. The molecule has 0 bridgehead atoms. The van der Waals surface area contributed by atoms with Gasteiger partial charge in [-0.1, -0.05) is 48.0 Å². The molecule has 3 radical (unpaired) electrons. The molecule has 0 fully saturated rings. The van der Waals surface area contributed by atoms with E-state index in [1.165, 1.54) is 11.1 Å². The molecular weight excluding hydrogens is 195 g/mol. The lowest BCUT2D eigenvalue weighted by Gasteiger charge is -2.05. The lowest BCUT2D eigenvalue weighted by atomic mass is 10.0. The molecule has 0 amide bonds. The van der Waals surface area contributed by atoms with Crippen molar-refractivity contribution in [3.63, 3.8) is 0 Å². The number of phenolic OH excluding ortho intramolecular Hbond substituents is 1. The van der Waals surface area contributed by atoms with Gasteiger partial charge in [0.2, 0.25) is 0 Å². The third-order valence-electron chi connectivity index (χ3n) is 2.47. The van der Waals surface area contributed by atoms with Crippen LogP contribution in [0.15, 0.2) is 48.5 Å². The number of benzene rings is 2. The fourth-order valence-corrected chi connectivity index (χ4v) is 1.67. The van der Waals surface area contributed by atoms with Gasteiger partial charge in [-0.25, -0.2) is 0 Å². The topological polar surface area (TPSA) is 20.2 Å². The maximum absolute atomic E-state index is 9.70. The van der Waals surface area contributed by atoms with Crippen molar-refractivity contribution in [2.45, 2.75) is 13.3 Å². The summed E-state index contributed by atoms with van der Waals surface area (Å²) in [6.07, 6.45) is 0.786. The van der Waals surface area contributed by atoms with Crippen LogP contribution in [0.3, 0.4) is 0 Å². The highest BCUT2D eigenvalue weighted by molar-refractivity contribution is 5.75. The van der Waals surface area contributed by atoms with Gasteiger partial charge in [-0.05, 0) is 24.1 Å². The Balaban J connectivity index is 0.00000128. The molecule has 0 unspecified atom stereocenters. The predicted molar refractivity (Wildman–Crippen MR) is 67.8 cm³/mol. The Bertz CT molecular complexity index is 452. The Hall–Kier alpha value is -1.70. The Morgan fingerprint density at radius 3 is 2.38 bits per heavy atom. The van der Waals surface area contributed by atoms with Crippen molar-refractivity contribution in [2.24, 2.45) is 0 Å². The Morgan fingerprint density at radius 2 is 1.69 bits per heavy atom. The van der Waals surface area contributed by atoms with Gasteiger partial charge in [0.05, 0.1) is 0 Å². The molecule has 79 valence electrons. The second kappa shape index (κ2) is 5.41. The predicted octanol–water partition coefficient (Wildman–Crippen LogP) is 2.91. The standard InChI is InChI=1S/C14H14O.B/c1-11-7-8-14(15)13(9-11)10-12-5-3-2-4-6-12;/h2-9,15H,10H2,1H3;. The Morgan fingerprint density at radius 1 is 1.00 bits per heavy atom. The second-order valence-electron chi connectivity index (χ2n) is 3.79. The largest absolute Gasteiger partial charge is 0.508 e. The van der Waals surface area contributed by atoms with E-state index in [-0.39, 0.29) is 8.41 Å². The third-order valence-corrected chi connectivity index (χ3v) is 2.47. The van der Waals surface area contributed by atoms with Crippen LogP contribution in [-0.2, 0) is 6.42 Å². The Kier molecular flexibility index (Phi) is 4.18. The SMILES string of the molecule is Cc1ccc(O)c(Cc2ccccc2)c1.[B]. The maximum atomic E-state index is 9.70. The molecule has 1 N–H and O–H groups in total. The van der Waals surface area contributed by atoms with E-state index in [4.69, 9.17) is 0 Å². The molecular formula is C14H14BO. The molecule has 2 aromatic carbocycles. The highest BCUT2D eigenvalue weighted by atomic mass is 16.3. The van der Waals surface area contributed by atoms with Gasteiger partial charge in [0.25, 0.3) is 0 Å². The number of hydrogen-bond acceptors (Lipinski definition) is 1. The zero-order valence-electron chi connectivity index (χ0n) is 9.35. The molecule has 0 atom stereocenters. The zero-order valence-corrected chi connectivity index (χ0v) is 9.35. The van der Waals surface area contributed by atoms with Gasteiger partial charge in [0.1, 0.15) is 5.75 Å². The minimum atomic E-state index is 0. The number of aryl methyl sites for hydroxylation is 1. The van der Waals surface area contributed by atoms with E-state index >= 15 is 0 Å². The summed E-state index contributed by atoms with van der Waals surface area (Å²) < 4.78 is 0. The smallest absolute Gasteiger partial charge is 0.119 e. The minimum absolute atomic E-state index is 0.